The van der Waals surface area contributed by atoms with Crippen molar-refractivity contribution >= 4 is 54.3 Å². The van der Waals surface area contributed by atoms with Crippen LogP contribution in [0.4, 0.5) is 0 Å². The average molecular weight is 625 g/mol. The molecule has 49 heavy (non-hydrogen) atoms. The van der Waals surface area contributed by atoms with Crippen molar-refractivity contribution in [3.8, 4) is 44.5 Å². The molecule has 0 N–H and O–H groups in total. The lowest BCUT2D eigenvalue weighted by molar-refractivity contribution is 0.669. The van der Waals surface area contributed by atoms with Crippen LogP contribution in [-0.4, -0.2) is 0 Å². The van der Waals surface area contributed by atoms with E-state index in [-0.39, 0.29) is 0 Å². The Hall–Kier alpha value is -6.44. The largest absolute Gasteiger partial charge is 0.456 e. The standard InChI is InChI=1S/C48H30O/c1-2-14-32-29-34(28-27-31(32)13-1)33-15-11-16-35(30-33)46-39-19-5-7-21-41(39)47(42-22-8-6-20-40(42)46)37-18-4-3-17-36(37)38-24-12-26-45-48(38)43-23-9-10-25-44(43)49-45/h1-30H/i1D,25D. The van der Waals surface area contributed by atoms with Gasteiger partial charge in [0.05, 0.1) is 2.74 Å². The predicted molar refractivity (Wildman–Crippen MR) is 208 cm³/mol. The van der Waals surface area contributed by atoms with E-state index in [1.165, 1.54) is 38.2 Å². The lowest BCUT2D eigenvalue weighted by Crippen LogP contribution is -1.93. The van der Waals surface area contributed by atoms with Crippen LogP contribution >= 0.6 is 0 Å². The molecule has 0 unspecified atom stereocenters. The van der Waals surface area contributed by atoms with E-state index in [2.05, 4.69) is 133 Å². The van der Waals surface area contributed by atoms with E-state index < -0.39 is 0 Å². The SMILES string of the molecule is [2H]c1ccc2cc(-c3cccc(-c4c5ccccc5c(-c5ccccc5-c5cccc6oc7c([2H])cccc7c56)c5ccccc45)c3)ccc2c1. The van der Waals surface area contributed by atoms with Gasteiger partial charge in [0, 0.05) is 10.8 Å². The Balaban J connectivity index is 1.22. The number of fused-ring (bicyclic) bond motifs is 6. The maximum Gasteiger partial charge on any atom is 0.136 e. The molecule has 0 fully saturated rings. The third-order valence-corrected chi connectivity index (χ3v) is 9.91. The minimum Gasteiger partial charge on any atom is -0.456 e. The second kappa shape index (κ2) is 11.1. The summed E-state index contributed by atoms with van der Waals surface area (Å²) in [5.74, 6) is 0. The van der Waals surface area contributed by atoms with Gasteiger partial charge in [-0.3, -0.25) is 0 Å². The van der Waals surface area contributed by atoms with E-state index >= 15 is 0 Å². The summed E-state index contributed by atoms with van der Waals surface area (Å²) in [6.45, 7) is 0. The number of hydrogen-bond donors (Lipinski definition) is 0. The molecular formula is C48H30O. The van der Waals surface area contributed by atoms with Crippen molar-refractivity contribution in [3.05, 3.63) is 182 Å². The van der Waals surface area contributed by atoms with Crippen LogP contribution in [-0.2, 0) is 0 Å². The Bertz CT molecular complexity index is 2950. The monoisotopic (exact) mass is 624 g/mol. The summed E-state index contributed by atoms with van der Waals surface area (Å²) in [4.78, 5) is 0. The van der Waals surface area contributed by atoms with E-state index in [1.807, 2.05) is 30.3 Å². The summed E-state index contributed by atoms with van der Waals surface area (Å²) in [5, 5.41) is 8.99. The van der Waals surface area contributed by atoms with Gasteiger partial charge < -0.3 is 4.42 Å². The highest BCUT2D eigenvalue weighted by Gasteiger charge is 2.21. The van der Waals surface area contributed by atoms with Gasteiger partial charge in [-0.2, -0.15) is 0 Å². The number of benzene rings is 9. The van der Waals surface area contributed by atoms with Crippen LogP contribution < -0.4 is 0 Å². The molecule has 1 heteroatoms. The molecule has 1 nitrogen and oxygen atoms in total. The number of furan rings is 1. The maximum atomic E-state index is 8.52. The first kappa shape index (κ1) is 25.6. The van der Waals surface area contributed by atoms with E-state index in [4.69, 9.17) is 7.16 Å². The molecule has 0 saturated heterocycles. The minimum absolute atomic E-state index is 0.392. The van der Waals surface area contributed by atoms with Crippen LogP contribution in [0.3, 0.4) is 0 Å². The highest BCUT2D eigenvalue weighted by Crippen LogP contribution is 2.48. The number of rotatable bonds is 4. The van der Waals surface area contributed by atoms with Crippen LogP contribution in [0.2, 0.25) is 0 Å². The second-order valence-electron chi connectivity index (χ2n) is 12.6. The van der Waals surface area contributed by atoms with Gasteiger partial charge in [-0.1, -0.05) is 158 Å². The zero-order valence-corrected chi connectivity index (χ0v) is 26.6. The van der Waals surface area contributed by atoms with Crippen molar-refractivity contribution in [2.45, 2.75) is 0 Å². The van der Waals surface area contributed by atoms with Gasteiger partial charge in [0.1, 0.15) is 11.2 Å². The summed E-state index contributed by atoms with van der Waals surface area (Å²) in [5.41, 5.74) is 10.7. The maximum absolute atomic E-state index is 8.52. The number of hydrogen-bond acceptors (Lipinski definition) is 1. The van der Waals surface area contributed by atoms with Crippen LogP contribution in [0.15, 0.2) is 186 Å². The van der Waals surface area contributed by atoms with Gasteiger partial charge >= 0.3 is 0 Å². The van der Waals surface area contributed by atoms with Crippen molar-refractivity contribution in [2.75, 3.05) is 0 Å². The molecular weight excluding hydrogens is 593 g/mol. The van der Waals surface area contributed by atoms with Crippen molar-refractivity contribution in [1.29, 1.82) is 0 Å². The van der Waals surface area contributed by atoms with Crippen molar-refractivity contribution < 1.29 is 7.16 Å². The third-order valence-electron chi connectivity index (χ3n) is 9.91. The zero-order valence-electron chi connectivity index (χ0n) is 28.6. The molecule has 0 atom stereocenters. The molecule has 0 aliphatic heterocycles. The fraction of sp³-hybridized carbons (Fsp3) is 0. The highest BCUT2D eigenvalue weighted by molar-refractivity contribution is 6.23. The molecule has 1 heterocycles. The van der Waals surface area contributed by atoms with Gasteiger partial charge in [0.15, 0.2) is 0 Å². The Morgan fingerprint density at radius 2 is 1.00 bits per heavy atom. The fourth-order valence-corrected chi connectivity index (χ4v) is 7.76. The van der Waals surface area contributed by atoms with Crippen molar-refractivity contribution in [3.63, 3.8) is 0 Å². The van der Waals surface area contributed by atoms with Gasteiger partial charge in [0.2, 0.25) is 0 Å². The minimum atomic E-state index is 0.392. The predicted octanol–water partition coefficient (Wildman–Crippen LogP) is 13.7. The van der Waals surface area contributed by atoms with Crippen molar-refractivity contribution in [1.82, 2.24) is 0 Å². The van der Waals surface area contributed by atoms with E-state index in [1.54, 1.807) is 6.07 Å². The van der Waals surface area contributed by atoms with Gasteiger partial charge in [-0.05, 0) is 101 Å². The summed E-state index contributed by atoms with van der Waals surface area (Å²) in [6, 6.07) is 60.4. The molecule has 1 aromatic heterocycles. The molecule has 228 valence electrons. The quantitative estimate of drug-likeness (QED) is 0.178. The molecule has 0 saturated carbocycles. The first-order chi connectivity index (χ1) is 25.1. The first-order valence-electron chi connectivity index (χ1n) is 17.7. The second-order valence-corrected chi connectivity index (χ2v) is 12.6. The molecule has 0 aliphatic rings. The Morgan fingerprint density at radius 1 is 0.367 bits per heavy atom. The smallest absolute Gasteiger partial charge is 0.136 e. The molecule has 10 aromatic rings. The molecule has 0 bridgehead atoms. The van der Waals surface area contributed by atoms with Crippen LogP contribution in [0, 0.1) is 0 Å². The van der Waals surface area contributed by atoms with Crippen LogP contribution in [0.5, 0.6) is 0 Å². The summed E-state index contributed by atoms with van der Waals surface area (Å²) in [7, 11) is 0. The van der Waals surface area contributed by atoms with Crippen LogP contribution in [0.25, 0.3) is 98.8 Å². The average Bonchev–Trinajstić information content (AvgIpc) is 3.57. The van der Waals surface area contributed by atoms with Gasteiger partial charge in [0.25, 0.3) is 0 Å². The topological polar surface area (TPSA) is 13.1 Å². The Labute approximate surface area is 287 Å². The molecule has 0 aliphatic carbocycles. The normalized spacial score (nSPS) is 12.2. The third kappa shape index (κ3) is 4.40. The summed E-state index contributed by atoms with van der Waals surface area (Å²) >= 11 is 0. The molecule has 0 radical (unpaired) electrons. The molecule has 0 amide bonds. The fourth-order valence-electron chi connectivity index (χ4n) is 7.76. The summed E-state index contributed by atoms with van der Waals surface area (Å²) < 4.78 is 22.8. The Kier molecular flexibility index (Phi) is 5.79. The summed E-state index contributed by atoms with van der Waals surface area (Å²) in [6.07, 6.45) is 0. The first-order valence-corrected chi connectivity index (χ1v) is 16.7. The molecule has 0 spiro atoms. The molecule has 9 aromatic carbocycles. The zero-order chi connectivity index (χ0) is 34.1. The molecule has 10 rings (SSSR count). The van der Waals surface area contributed by atoms with Gasteiger partial charge in [-0.25, -0.2) is 0 Å². The Morgan fingerprint density at radius 3 is 1.82 bits per heavy atom. The van der Waals surface area contributed by atoms with E-state index in [0.29, 0.717) is 17.7 Å². The van der Waals surface area contributed by atoms with Crippen LogP contribution in [0.1, 0.15) is 2.74 Å². The van der Waals surface area contributed by atoms with E-state index in [9.17, 15) is 0 Å². The lowest BCUT2D eigenvalue weighted by Gasteiger charge is -2.20. The van der Waals surface area contributed by atoms with E-state index in [0.717, 1.165) is 54.9 Å². The number of para-hydroxylation sites is 1. The van der Waals surface area contributed by atoms with Crippen molar-refractivity contribution in [2.24, 2.45) is 0 Å². The highest BCUT2D eigenvalue weighted by atomic mass is 16.3. The lowest BCUT2D eigenvalue weighted by atomic mass is 9.83. The van der Waals surface area contributed by atoms with Gasteiger partial charge in [-0.15, -0.1) is 0 Å².